The van der Waals surface area contributed by atoms with E-state index in [4.69, 9.17) is 22.7 Å². The molecule has 1 atom stereocenters. The van der Waals surface area contributed by atoms with Gasteiger partial charge in [-0.25, -0.2) is 4.39 Å². The largest absolute Gasteiger partial charge is 0.399 e. The van der Waals surface area contributed by atoms with Crippen molar-refractivity contribution < 1.29 is 9.13 Å². The van der Waals surface area contributed by atoms with Crippen LogP contribution in [-0.2, 0) is 4.74 Å². The first-order valence-corrected chi connectivity index (χ1v) is 6.26. The number of anilines is 1. The summed E-state index contributed by atoms with van der Waals surface area (Å²) in [6.45, 7) is 4.31. The highest BCUT2D eigenvalue weighted by Gasteiger charge is 2.30. The van der Waals surface area contributed by atoms with Crippen molar-refractivity contribution in [2.45, 2.75) is 31.9 Å². The summed E-state index contributed by atoms with van der Waals surface area (Å²) >= 11 is 5.16. The molecule has 1 unspecified atom stereocenters. The number of thiocarbonyl (C=S) groups is 1. The fourth-order valence-electron chi connectivity index (χ4n) is 2.12. The summed E-state index contributed by atoms with van der Waals surface area (Å²) in [5, 5.41) is 3.13. The Morgan fingerprint density at radius 2 is 2.22 bits per heavy atom. The minimum atomic E-state index is -0.352. The normalized spacial score (nSPS) is 23.3. The molecule has 0 radical (unpaired) electrons. The molecule has 0 spiro atoms. The number of hydrogen-bond donors (Lipinski definition) is 2. The lowest BCUT2D eigenvalue weighted by atomic mass is 9.93. The molecule has 0 saturated carbocycles. The minimum absolute atomic E-state index is 0.210. The van der Waals surface area contributed by atoms with Gasteiger partial charge in [0.15, 0.2) is 0 Å². The molecule has 2 rings (SSSR count). The van der Waals surface area contributed by atoms with Crippen molar-refractivity contribution in [3.63, 3.8) is 0 Å². The predicted molar refractivity (Wildman–Crippen MR) is 73.9 cm³/mol. The van der Waals surface area contributed by atoms with E-state index < -0.39 is 0 Å². The molecule has 1 aliphatic heterocycles. The molecule has 0 amide bonds. The fraction of sp³-hybridized carbons (Fsp3) is 0.462. The molecule has 1 aliphatic rings. The zero-order chi connectivity index (χ0) is 13.3. The SMILES string of the molecule is CC1(C)CC(c2cc(N)ccc2F)NC(=S)CO1. The molecule has 18 heavy (non-hydrogen) atoms. The molecule has 1 fully saturated rings. The van der Waals surface area contributed by atoms with Gasteiger partial charge in [0.1, 0.15) is 10.8 Å². The van der Waals surface area contributed by atoms with Crippen molar-refractivity contribution in [3.05, 3.63) is 29.6 Å². The van der Waals surface area contributed by atoms with Gasteiger partial charge in [0.05, 0.1) is 18.2 Å². The monoisotopic (exact) mass is 268 g/mol. The molecule has 1 aromatic rings. The molecule has 98 valence electrons. The highest BCUT2D eigenvalue weighted by molar-refractivity contribution is 7.80. The number of nitrogen functional groups attached to an aromatic ring is 1. The second kappa shape index (κ2) is 4.82. The van der Waals surface area contributed by atoms with E-state index in [1.807, 2.05) is 13.8 Å². The molecular formula is C13H17FN2OS. The van der Waals surface area contributed by atoms with Crippen LogP contribution in [0.15, 0.2) is 18.2 Å². The molecule has 0 aliphatic carbocycles. The first-order chi connectivity index (χ1) is 8.37. The van der Waals surface area contributed by atoms with Gasteiger partial charge in [-0.3, -0.25) is 0 Å². The Kier molecular flexibility index (Phi) is 3.54. The lowest BCUT2D eigenvalue weighted by Gasteiger charge is -2.26. The predicted octanol–water partition coefficient (Wildman–Crippen LogP) is 2.56. The number of hydrogen-bond acceptors (Lipinski definition) is 3. The Hall–Kier alpha value is -1.20. The van der Waals surface area contributed by atoms with E-state index in [2.05, 4.69) is 5.32 Å². The number of nitrogens with two attached hydrogens (primary N) is 1. The third-order valence-electron chi connectivity index (χ3n) is 3.02. The van der Waals surface area contributed by atoms with Crippen molar-refractivity contribution in [2.24, 2.45) is 0 Å². The standard InChI is InChI=1S/C13H17FN2OS/c1-13(2)6-11(16-12(18)7-17-13)9-5-8(15)3-4-10(9)14/h3-5,11H,6-7,15H2,1-2H3,(H,16,18). The third kappa shape index (κ3) is 2.97. The van der Waals surface area contributed by atoms with Gasteiger partial charge < -0.3 is 15.8 Å². The topological polar surface area (TPSA) is 47.3 Å². The maximum atomic E-state index is 13.9. The van der Waals surface area contributed by atoms with E-state index in [0.29, 0.717) is 29.3 Å². The van der Waals surface area contributed by atoms with Crippen LogP contribution < -0.4 is 11.1 Å². The van der Waals surface area contributed by atoms with Gasteiger partial charge in [-0.15, -0.1) is 0 Å². The van der Waals surface area contributed by atoms with Crippen molar-refractivity contribution in [1.82, 2.24) is 5.32 Å². The molecule has 1 saturated heterocycles. The van der Waals surface area contributed by atoms with E-state index in [0.717, 1.165) is 0 Å². The van der Waals surface area contributed by atoms with Crippen molar-refractivity contribution in [1.29, 1.82) is 0 Å². The fourth-order valence-corrected chi connectivity index (χ4v) is 2.32. The Bertz CT molecular complexity index is 476. The first-order valence-electron chi connectivity index (χ1n) is 5.86. The maximum absolute atomic E-state index is 13.9. The van der Waals surface area contributed by atoms with Crippen LogP contribution in [0.4, 0.5) is 10.1 Å². The van der Waals surface area contributed by atoms with Crippen LogP contribution in [0.5, 0.6) is 0 Å². The Labute approximate surface area is 112 Å². The van der Waals surface area contributed by atoms with Crippen LogP contribution in [-0.4, -0.2) is 17.2 Å². The highest BCUT2D eigenvalue weighted by Crippen LogP contribution is 2.31. The number of benzene rings is 1. The van der Waals surface area contributed by atoms with Crippen molar-refractivity contribution in [2.75, 3.05) is 12.3 Å². The highest BCUT2D eigenvalue weighted by atomic mass is 32.1. The number of ether oxygens (including phenoxy) is 1. The van der Waals surface area contributed by atoms with Crippen LogP contribution in [0.2, 0.25) is 0 Å². The minimum Gasteiger partial charge on any atom is -0.399 e. The number of rotatable bonds is 1. The molecule has 1 aromatic carbocycles. The van der Waals surface area contributed by atoms with E-state index >= 15 is 0 Å². The van der Waals surface area contributed by atoms with Crippen LogP contribution >= 0.6 is 12.2 Å². The number of halogens is 1. The molecule has 5 heteroatoms. The summed E-state index contributed by atoms with van der Waals surface area (Å²) < 4.78 is 19.6. The van der Waals surface area contributed by atoms with Crippen LogP contribution in [0.25, 0.3) is 0 Å². The smallest absolute Gasteiger partial charge is 0.128 e. The van der Waals surface area contributed by atoms with E-state index in [-0.39, 0.29) is 17.5 Å². The van der Waals surface area contributed by atoms with Gasteiger partial charge in [-0.05, 0) is 32.0 Å². The molecule has 1 heterocycles. The summed E-state index contributed by atoms with van der Waals surface area (Å²) in [6, 6.07) is 4.37. The van der Waals surface area contributed by atoms with Gasteiger partial charge in [0.2, 0.25) is 0 Å². The summed E-state index contributed by atoms with van der Waals surface area (Å²) in [4.78, 5) is 0.590. The third-order valence-corrected chi connectivity index (χ3v) is 3.26. The summed E-state index contributed by atoms with van der Waals surface area (Å²) in [5.74, 6) is -0.276. The second-order valence-corrected chi connectivity index (χ2v) is 5.65. The molecule has 3 nitrogen and oxygen atoms in total. The number of nitrogens with one attached hydrogen (secondary N) is 1. The summed E-state index contributed by atoms with van der Waals surface area (Å²) in [5.41, 5.74) is 6.45. The molecule has 0 bridgehead atoms. The Balaban J connectivity index is 2.35. The van der Waals surface area contributed by atoms with Gasteiger partial charge in [-0.1, -0.05) is 12.2 Å². The molecule has 3 N–H and O–H groups in total. The molecular weight excluding hydrogens is 251 g/mol. The van der Waals surface area contributed by atoms with Gasteiger partial charge in [0.25, 0.3) is 0 Å². The Morgan fingerprint density at radius 1 is 1.50 bits per heavy atom. The van der Waals surface area contributed by atoms with Gasteiger partial charge in [-0.2, -0.15) is 0 Å². The van der Waals surface area contributed by atoms with Crippen LogP contribution in [0.3, 0.4) is 0 Å². The Morgan fingerprint density at radius 3 is 2.94 bits per heavy atom. The quantitative estimate of drug-likeness (QED) is 0.607. The lowest BCUT2D eigenvalue weighted by molar-refractivity contribution is 0.0000843. The zero-order valence-corrected chi connectivity index (χ0v) is 11.3. The summed E-state index contributed by atoms with van der Waals surface area (Å²) in [7, 11) is 0. The lowest BCUT2D eigenvalue weighted by Crippen LogP contribution is -2.29. The zero-order valence-electron chi connectivity index (χ0n) is 10.5. The summed E-state index contributed by atoms with van der Waals surface area (Å²) in [6.07, 6.45) is 0.632. The van der Waals surface area contributed by atoms with Crippen LogP contribution in [0.1, 0.15) is 31.9 Å². The maximum Gasteiger partial charge on any atom is 0.128 e. The van der Waals surface area contributed by atoms with Crippen LogP contribution in [0, 0.1) is 5.82 Å². The van der Waals surface area contributed by atoms with Crippen molar-refractivity contribution in [3.8, 4) is 0 Å². The van der Waals surface area contributed by atoms with E-state index in [1.165, 1.54) is 6.07 Å². The van der Waals surface area contributed by atoms with Crippen molar-refractivity contribution >= 4 is 22.9 Å². The van der Waals surface area contributed by atoms with E-state index in [9.17, 15) is 4.39 Å². The van der Waals surface area contributed by atoms with Gasteiger partial charge in [0, 0.05) is 17.7 Å². The van der Waals surface area contributed by atoms with E-state index in [1.54, 1.807) is 12.1 Å². The average molecular weight is 268 g/mol. The molecule has 0 aromatic heterocycles. The van der Waals surface area contributed by atoms with Gasteiger partial charge >= 0.3 is 0 Å². The average Bonchev–Trinajstić information content (AvgIpc) is 2.41. The first kappa shape index (κ1) is 13.2. The second-order valence-electron chi connectivity index (χ2n) is 5.15.